The van der Waals surface area contributed by atoms with Gasteiger partial charge in [0.1, 0.15) is 5.75 Å². The van der Waals surface area contributed by atoms with E-state index in [0.717, 1.165) is 12.1 Å². The van der Waals surface area contributed by atoms with Crippen molar-refractivity contribution in [2.45, 2.75) is 10.9 Å². The molecule has 0 radical (unpaired) electrons. The molecule has 0 atom stereocenters. The third-order valence-corrected chi connectivity index (χ3v) is 2.27. The lowest BCUT2D eigenvalue weighted by molar-refractivity contribution is -0.266. The summed E-state index contributed by atoms with van der Waals surface area (Å²) in [4.78, 5) is -4.70. The van der Waals surface area contributed by atoms with Crippen LogP contribution in [0.1, 0.15) is 0 Å². The monoisotopic (exact) mass is 339 g/mol. The van der Waals surface area contributed by atoms with Crippen LogP contribution in [0.4, 0.5) is 30.5 Å². The largest absolute Gasteiger partial charge is 0.509 e. The van der Waals surface area contributed by atoms with Crippen molar-refractivity contribution in [3.63, 3.8) is 0 Å². The topological polar surface area (TPSA) is 9.23 Å². The highest BCUT2D eigenvalue weighted by Crippen LogP contribution is 2.40. The molecule has 10 heteroatoms. The van der Waals surface area contributed by atoms with Crippen molar-refractivity contribution in [1.29, 1.82) is 0 Å². The Bertz CT molecular complexity index is 428. The van der Waals surface area contributed by atoms with Gasteiger partial charge in [0.25, 0.3) is 0 Å². The number of ether oxygens (including phenoxy) is 1. The number of rotatable bonds is 4. The van der Waals surface area contributed by atoms with Gasteiger partial charge in [0.05, 0.1) is 0 Å². The molecule has 0 aliphatic heterocycles. The van der Waals surface area contributed by atoms with Gasteiger partial charge in [0.15, 0.2) is 0 Å². The predicted molar refractivity (Wildman–Crippen MR) is 54.6 cm³/mol. The Labute approximate surface area is 105 Å². The summed E-state index contributed by atoms with van der Waals surface area (Å²) in [6.45, 7) is -5.43. The summed E-state index contributed by atoms with van der Waals surface area (Å²) >= 11 is 1.39. The second-order valence-corrected chi connectivity index (χ2v) is 4.26. The zero-order valence-electron chi connectivity index (χ0n) is 8.32. The summed E-state index contributed by atoms with van der Waals surface area (Å²) in [5.41, 5.74) is -1.22. The summed E-state index contributed by atoms with van der Waals surface area (Å²) < 4.78 is 90.7. The number of hydrogen-bond acceptors (Lipinski definition) is 1. The summed E-state index contributed by atoms with van der Waals surface area (Å²) in [5.74, 6) is -1.00. The van der Waals surface area contributed by atoms with Crippen LogP contribution in [0, 0.1) is 0 Å². The van der Waals surface area contributed by atoms with Crippen molar-refractivity contribution in [2.75, 3.05) is 0 Å². The fourth-order valence-electron chi connectivity index (χ4n) is 0.988. The Balaban J connectivity index is 3.00. The van der Waals surface area contributed by atoms with Crippen molar-refractivity contribution >= 4 is 28.4 Å². The van der Waals surface area contributed by atoms with Crippen LogP contribution in [0.25, 0.3) is 0 Å². The molecule has 0 bridgehead atoms. The Hall–Kier alpha value is -0.925. The third kappa shape index (κ3) is 3.53. The maximum absolute atomic E-state index is 12.7. The smallest absolute Gasteiger partial charge is 0.445 e. The molecule has 1 aromatic rings. The van der Waals surface area contributed by atoms with Gasteiger partial charge in [0.2, 0.25) is 0 Å². The molecule has 18 heavy (non-hydrogen) atoms. The van der Waals surface area contributed by atoms with E-state index in [-0.39, 0.29) is 6.07 Å². The lowest BCUT2D eigenvalue weighted by Gasteiger charge is -2.23. The highest BCUT2D eigenvalue weighted by atomic mass is 79.9. The van der Waals surface area contributed by atoms with Crippen LogP contribution in [0.3, 0.4) is 0 Å². The predicted octanol–water partition coefficient (Wildman–Crippen LogP) is 3.70. The molecule has 1 rings (SSSR count). The number of benzene rings is 1. The van der Waals surface area contributed by atoms with E-state index in [0.29, 0.717) is 6.07 Å². The van der Waals surface area contributed by atoms with Gasteiger partial charge in [-0.25, -0.2) is 0 Å². The van der Waals surface area contributed by atoms with Crippen LogP contribution in [0.2, 0.25) is 0 Å². The van der Waals surface area contributed by atoms with Gasteiger partial charge in [0, 0.05) is 15.9 Å². The minimum atomic E-state index is -5.43. The maximum atomic E-state index is 12.7. The molecule has 0 saturated carbocycles. The van der Waals surface area contributed by atoms with E-state index in [1.54, 1.807) is 0 Å². The van der Waals surface area contributed by atoms with E-state index in [4.69, 9.17) is 0 Å². The van der Waals surface area contributed by atoms with Crippen LogP contribution in [-0.4, -0.2) is 17.9 Å². The Morgan fingerprint density at radius 3 is 2.06 bits per heavy atom. The number of halogens is 8. The quantitative estimate of drug-likeness (QED) is 0.462. The molecule has 0 saturated heterocycles. The normalized spacial score (nSPS) is 13.6. The zero-order valence-corrected chi connectivity index (χ0v) is 9.90. The van der Waals surface area contributed by atoms with E-state index >= 15 is 0 Å². The van der Waals surface area contributed by atoms with Crippen LogP contribution in [-0.2, 0) is 0 Å². The van der Waals surface area contributed by atoms with Crippen LogP contribution < -0.4 is 10.2 Å². The first-order valence-electron chi connectivity index (χ1n) is 4.37. The second kappa shape index (κ2) is 4.63. The molecule has 1 nitrogen and oxygen atoms in total. The van der Waals surface area contributed by atoms with E-state index < -0.39 is 29.1 Å². The summed E-state index contributed by atoms with van der Waals surface area (Å²) in [6, 6.07) is 2.35. The minimum absolute atomic E-state index is 0.229. The van der Waals surface area contributed by atoms with E-state index in [9.17, 15) is 30.5 Å². The summed E-state index contributed by atoms with van der Waals surface area (Å²) in [5, 5.41) is 0. The summed E-state index contributed by atoms with van der Waals surface area (Å²) in [7, 11) is 0. The highest BCUT2D eigenvalue weighted by molar-refractivity contribution is 9.10. The minimum Gasteiger partial charge on any atom is -0.445 e. The first-order valence-corrected chi connectivity index (χ1v) is 5.16. The van der Waals surface area contributed by atoms with Gasteiger partial charge in [-0.15, -0.1) is 5.46 Å². The van der Waals surface area contributed by atoms with Gasteiger partial charge >= 0.3 is 17.9 Å². The average molecular weight is 340 g/mol. The molecule has 102 valence electrons. The summed E-state index contributed by atoms with van der Waals surface area (Å²) in [6.07, 6.45) is -4.97. The molecule has 0 N–H and O–H groups in total. The molecule has 0 fully saturated rings. The zero-order chi connectivity index (χ0) is 14.2. The van der Waals surface area contributed by atoms with Crippen molar-refractivity contribution in [3.05, 3.63) is 24.3 Å². The van der Waals surface area contributed by atoms with Gasteiger partial charge in [-0.2, -0.15) is 17.6 Å². The molecular weight excluding hydrogens is 336 g/mol. The fraction of sp³-hybridized carbons (Fsp3) is 0.250. The standard InChI is InChI=1S/C8H4BBrF7O/c10-7(11,12)8(13,14)18-6-3-1-2-5(4-6)9(15,16)17/h1-4H/q-1. The maximum Gasteiger partial charge on any atom is 0.509 e. The SMILES string of the molecule is F[B-](F)(F)c1cccc(OC(F)(F)C(F)(F)Br)c1. The van der Waals surface area contributed by atoms with Gasteiger partial charge < -0.3 is 17.7 Å². The molecule has 0 spiro atoms. The van der Waals surface area contributed by atoms with E-state index in [2.05, 4.69) is 4.74 Å². The van der Waals surface area contributed by atoms with E-state index in [1.165, 1.54) is 15.9 Å². The Morgan fingerprint density at radius 1 is 1.06 bits per heavy atom. The number of alkyl halides is 5. The van der Waals surface area contributed by atoms with Crippen molar-refractivity contribution in [3.8, 4) is 5.75 Å². The van der Waals surface area contributed by atoms with Crippen LogP contribution in [0.15, 0.2) is 24.3 Å². The molecule has 0 unspecified atom stereocenters. The average Bonchev–Trinajstić information content (AvgIpc) is 2.14. The lowest BCUT2D eigenvalue weighted by Crippen LogP contribution is -2.41. The first kappa shape index (κ1) is 15.1. The molecular formula is C8H4BBrF7O-. The van der Waals surface area contributed by atoms with E-state index in [1.807, 2.05) is 0 Å². The van der Waals surface area contributed by atoms with Gasteiger partial charge in [-0.05, 0) is 12.1 Å². The molecule has 0 heterocycles. The van der Waals surface area contributed by atoms with Gasteiger partial charge in [-0.1, -0.05) is 12.1 Å². The molecule has 0 aliphatic carbocycles. The molecule has 1 aromatic carbocycles. The van der Waals surface area contributed by atoms with Crippen molar-refractivity contribution in [1.82, 2.24) is 0 Å². The molecule has 0 aliphatic rings. The highest BCUT2D eigenvalue weighted by Gasteiger charge is 2.57. The Morgan fingerprint density at radius 2 is 1.61 bits per heavy atom. The van der Waals surface area contributed by atoms with Gasteiger partial charge in [-0.3, -0.25) is 0 Å². The van der Waals surface area contributed by atoms with Crippen molar-refractivity contribution < 1.29 is 35.2 Å². The molecule has 0 amide bonds. The lowest BCUT2D eigenvalue weighted by atomic mass is 9.80. The fourth-order valence-corrected chi connectivity index (χ4v) is 1.07. The van der Waals surface area contributed by atoms with Crippen molar-refractivity contribution in [2.24, 2.45) is 0 Å². The first-order chi connectivity index (χ1) is 7.93. The Kier molecular flexibility index (Phi) is 3.90. The number of hydrogen-bond donors (Lipinski definition) is 0. The third-order valence-electron chi connectivity index (χ3n) is 1.81. The second-order valence-electron chi connectivity index (χ2n) is 3.26. The molecule has 0 aromatic heterocycles. The van der Waals surface area contributed by atoms with Crippen LogP contribution >= 0.6 is 15.9 Å². The van der Waals surface area contributed by atoms with Crippen LogP contribution in [0.5, 0.6) is 5.75 Å².